The highest BCUT2D eigenvalue weighted by Gasteiger charge is 2.34. The average Bonchev–Trinajstić information content (AvgIpc) is 2.57. The predicted molar refractivity (Wildman–Crippen MR) is 91.8 cm³/mol. The van der Waals surface area contributed by atoms with Gasteiger partial charge in [0.2, 0.25) is 5.75 Å². The van der Waals surface area contributed by atoms with E-state index in [2.05, 4.69) is 10.3 Å². The number of halogens is 1. The van der Waals surface area contributed by atoms with Crippen molar-refractivity contribution in [2.24, 2.45) is 0 Å². The molecular formula is C17H18ClN3O4. The van der Waals surface area contributed by atoms with Gasteiger partial charge in [0.15, 0.2) is 5.69 Å². The minimum absolute atomic E-state index is 0.218. The van der Waals surface area contributed by atoms with Crippen molar-refractivity contribution < 1.29 is 14.6 Å². The first-order valence-corrected chi connectivity index (χ1v) is 8.18. The van der Waals surface area contributed by atoms with Crippen LogP contribution in [0.25, 0.3) is 0 Å². The van der Waals surface area contributed by atoms with Gasteiger partial charge in [-0.05, 0) is 31.5 Å². The van der Waals surface area contributed by atoms with E-state index in [-0.39, 0.29) is 18.8 Å². The number of ether oxygens (including phenoxy) is 1. The summed E-state index contributed by atoms with van der Waals surface area (Å²) in [4.78, 5) is 29.0. The van der Waals surface area contributed by atoms with E-state index in [1.54, 1.807) is 38.1 Å². The van der Waals surface area contributed by atoms with E-state index in [9.17, 15) is 14.7 Å². The van der Waals surface area contributed by atoms with Crippen LogP contribution in [-0.4, -0.2) is 27.2 Å². The third kappa shape index (κ3) is 3.38. The highest BCUT2D eigenvalue weighted by atomic mass is 35.5. The van der Waals surface area contributed by atoms with Gasteiger partial charge in [-0.25, -0.2) is 4.98 Å². The summed E-state index contributed by atoms with van der Waals surface area (Å²) in [5.41, 5.74) is -0.937. The number of nitrogens with zero attached hydrogens (tertiary/aromatic N) is 2. The summed E-state index contributed by atoms with van der Waals surface area (Å²) in [6.45, 7) is 4.36. The molecule has 1 aliphatic heterocycles. The molecule has 0 fully saturated rings. The Kier molecular flexibility index (Phi) is 4.53. The van der Waals surface area contributed by atoms with Crippen molar-refractivity contribution in [2.75, 3.05) is 6.61 Å². The Bertz CT molecular complexity index is 875. The van der Waals surface area contributed by atoms with Gasteiger partial charge in [0.25, 0.3) is 11.5 Å². The highest BCUT2D eigenvalue weighted by molar-refractivity contribution is 6.30. The highest BCUT2D eigenvalue weighted by Crippen LogP contribution is 2.27. The molecule has 1 aromatic carbocycles. The molecule has 0 aliphatic carbocycles. The van der Waals surface area contributed by atoms with E-state index in [1.807, 2.05) is 0 Å². The standard InChI is InChI=1S/C17H18ClN3O4/c1-17(2)16-20-12(13(22)15(24)21(16)7-8-25-17)14(23)19-9-10-3-5-11(18)6-4-10/h3-6,22H,7-9H2,1-2H3,(H,19,23). The Labute approximate surface area is 149 Å². The van der Waals surface area contributed by atoms with Crippen LogP contribution < -0.4 is 10.9 Å². The van der Waals surface area contributed by atoms with Gasteiger partial charge in [-0.1, -0.05) is 23.7 Å². The molecule has 0 bridgehead atoms. The van der Waals surface area contributed by atoms with E-state index in [4.69, 9.17) is 16.3 Å². The van der Waals surface area contributed by atoms with E-state index >= 15 is 0 Å². The monoisotopic (exact) mass is 363 g/mol. The lowest BCUT2D eigenvalue weighted by molar-refractivity contribution is -0.0566. The topological polar surface area (TPSA) is 93.5 Å². The minimum atomic E-state index is -0.823. The van der Waals surface area contributed by atoms with Gasteiger partial charge in [-0.2, -0.15) is 0 Å². The molecule has 1 aliphatic rings. The summed E-state index contributed by atoms with van der Waals surface area (Å²) in [6.07, 6.45) is 0. The second-order valence-corrected chi connectivity index (χ2v) is 6.69. The Morgan fingerprint density at radius 1 is 1.40 bits per heavy atom. The van der Waals surface area contributed by atoms with Gasteiger partial charge in [-0.15, -0.1) is 0 Å². The van der Waals surface area contributed by atoms with Crippen molar-refractivity contribution in [3.05, 3.63) is 56.7 Å². The molecule has 25 heavy (non-hydrogen) atoms. The van der Waals surface area contributed by atoms with Crippen LogP contribution in [0, 0.1) is 0 Å². The van der Waals surface area contributed by atoms with Crippen molar-refractivity contribution in [3.63, 3.8) is 0 Å². The molecule has 2 heterocycles. The summed E-state index contributed by atoms with van der Waals surface area (Å²) in [5, 5.41) is 13.4. The van der Waals surface area contributed by atoms with Crippen LogP contribution in [0.4, 0.5) is 0 Å². The number of nitrogens with one attached hydrogen (secondary N) is 1. The number of fused-ring (bicyclic) bond motifs is 1. The van der Waals surface area contributed by atoms with E-state index in [0.717, 1.165) is 5.56 Å². The molecule has 8 heteroatoms. The molecule has 7 nitrogen and oxygen atoms in total. The molecular weight excluding hydrogens is 346 g/mol. The molecule has 0 atom stereocenters. The number of hydrogen-bond acceptors (Lipinski definition) is 5. The molecule has 0 unspecified atom stereocenters. The van der Waals surface area contributed by atoms with Crippen molar-refractivity contribution in [3.8, 4) is 5.75 Å². The Hall–Kier alpha value is -2.38. The fourth-order valence-electron chi connectivity index (χ4n) is 2.69. The first-order valence-electron chi connectivity index (χ1n) is 7.80. The van der Waals surface area contributed by atoms with Crippen LogP contribution in [0.1, 0.15) is 35.7 Å². The van der Waals surface area contributed by atoms with Crippen LogP contribution in [0.5, 0.6) is 5.75 Å². The maximum atomic E-state index is 12.4. The molecule has 1 amide bonds. The zero-order valence-electron chi connectivity index (χ0n) is 13.9. The Morgan fingerprint density at radius 3 is 2.76 bits per heavy atom. The van der Waals surface area contributed by atoms with E-state index < -0.39 is 22.8 Å². The first-order chi connectivity index (χ1) is 11.8. The van der Waals surface area contributed by atoms with Crippen molar-refractivity contribution >= 4 is 17.5 Å². The summed E-state index contributed by atoms with van der Waals surface area (Å²) >= 11 is 5.82. The van der Waals surface area contributed by atoms with Crippen molar-refractivity contribution in [2.45, 2.75) is 32.5 Å². The summed E-state index contributed by atoms with van der Waals surface area (Å²) in [5.74, 6) is -0.970. The van der Waals surface area contributed by atoms with Gasteiger partial charge in [0, 0.05) is 11.6 Å². The van der Waals surface area contributed by atoms with E-state index in [1.165, 1.54) is 4.57 Å². The molecule has 2 aromatic rings. The zero-order chi connectivity index (χ0) is 18.2. The SMILES string of the molecule is CC1(C)OCCn2c1nc(C(=O)NCc1ccc(Cl)cc1)c(O)c2=O. The third-order valence-electron chi connectivity index (χ3n) is 4.04. The summed E-state index contributed by atoms with van der Waals surface area (Å²) < 4.78 is 6.96. The van der Waals surface area contributed by atoms with Gasteiger partial charge in [0.05, 0.1) is 13.2 Å². The van der Waals surface area contributed by atoms with Crippen LogP contribution in [0.3, 0.4) is 0 Å². The van der Waals surface area contributed by atoms with Gasteiger partial charge < -0.3 is 15.2 Å². The van der Waals surface area contributed by atoms with Gasteiger partial charge in [0.1, 0.15) is 11.4 Å². The summed E-state index contributed by atoms with van der Waals surface area (Å²) in [7, 11) is 0. The molecule has 0 radical (unpaired) electrons. The number of carbonyl (C=O) groups is 1. The lowest BCUT2D eigenvalue weighted by atomic mass is 10.1. The Morgan fingerprint density at radius 2 is 2.08 bits per heavy atom. The molecule has 132 valence electrons. The number of amides is 1. The van der Waals surface area contributed by atoms with E-state index in [0.29, 0.717) is 17.5 Å². The van der Waals surface area contributed by atoms with Crippen LogP contribution >= 0.6 is 11.6 Å². The number of hydrogen-bond donors (Lipinski definition) is 2. The normalized spacial score (nSPS) is 15.5. The second kappa shape index (κ2) is 6.50. The van der Waals surface area contributed by atoms with Gasteiger partial charge >= 0.3 is 0 Å². The smallest absolute Gasteiger partial charge is 0.296 e. The molecule has 0 saturated heterocycles. The maximum absolute atomic E-state index is 12.4. The van der Waals surface area contributed by atoms with Gasteiger partial charge in [-0.3, -0.25) is 14.2 Å². The second-order valence-electron chi connectivity index (χ2n) is 6.26. The number of aromatic hydroxyl groups is 1. The molecule has 1 aromatic heterocycles. The van der Waals surface area contributed by atoms with Crippen molar-refractivity contribution in [1.82, 2.24) is 14.9 Å². The van der Waals surface area contributed by atoms with Crippen LogP contribution in [0.2, 0.25) is 5.02 Å². The number of aromatic nitrogens is 2. The number of benzene rings is 1. The fraction of sp³-hybridized carbons (Fsp3) is 0.353. The third-order valence-corrected chi connectivity index (χ3v) is 4.30. The first kappa shape index (κ1) is 17.4. The van der Waals surface area contributed by atoms with Crippen LogP contribution in [0.15, 0.2) is 29.1 Å². The summed E-state index contributed by atoms with van der Waals surface area (Å²) in [6, 6.07) is 6.97. The van der Waals surface area contributed by atoms with Crippen molar-refractivity contribution in [1.29, 1.82) is 0 Å². The predicted octanol–water partition coefficient (Wildman–Crippen LogP) is 1.80. The average molecular weight is 364 g/mol. The zero-order valence-corrected chi connectivity index (χ0v) is 14.6. The molecule has 3 rings (SSSR count). The minimum Gasteiger partial charge on any atom is -0.501 e. The molecule has 2 N–H and O–H groups in total. The molecule has 0 spiro atoms. The lowest BCUT2D eigenvalue weighted by Gasteiger charge is -2.32. The molecule has 0 saturated carbocycles. The largest absolute Gasteiger partial charge is 0.501 e. The number of carbonyl (C=O) groups excluding carboxylic acids is 1. The Balaban J connectivity index is 1.89. The number of rotatable bonds is 3. The fourth-order valence-corrected chi connectivity index (χ4v) is 2.82. The maximum Gasteiger partial charge on any atom is 0.296 e. The lowest BCUT2D eigenvalue weighted by Crippen LogP contribution is -2.42. The quantitative estimate of drug-likeness (QED) is 0.867. The van der Waals surface area contributed by atoms with Crippen LogP contribution in [-0.2, 0) is 23.4 Å².